The molecule has 7 heteroatoms. The third-order valence-corrected chi connectivity index (χ3v) is 4.73. The van der Waals surface area contributed by atoms with E-state index in [1.807, 2.05) is 41.0 Å². The topological polar surface area (TPSA) is 78.4 Å². The van der Waals surface area contributed by atoms with Crippen LogP contribution >= 0.6 is 0 Å². The van der Waals surface area contributed by atoms with E-state index in [1.54, 1.807) is 13.0 Å². The number of carbonyl (C=O) groups excluding carboxylic acids is 2. The van der Waals surface area contributed by atoms with Crippen LogP contribution in [0.3, 0.4) is 0 Å². The van der Waals surface area contributed by atoms with Crippen molar-refractivity contribution in [2.24, 2.45) is 0 Å². The average molecular weight is 367 g/mol. The third kappa shape index (κ3) is 4.42. The first-order chi connectivity index (χ1) is 13.0. The zero-order chi connectivity index (χ0) is 19.4. The maximum atomic E-state index is 12.7. The minimum Gasteiger partial charge on any atom is -0.339 e. The number of para-hydroxylation sites is 1. The number of amides is 2. The second kappa shape index (κ2) is 8.16. The van der Waals surface area contributed by atoms with Crippen LogP contribution in [0, 0.1) is 6.92 Å². The average Bonchev–Trinajstić information content (AvgIpc) is 2.68. The van der Waals surface area contributed by atoms with Crippen molar-refractivity contribution in [3.8, 4) is 0 Å². The van der Waals surface area contributed by atoms with Gasteiger partial charge in [0.05, 0.1) is 0 Å². The van der Waals surface area contributed by atoms with E-state index < -0.39 is 0 Å². The highest BCUT2D eigenvalue weighted by atomic mass is 16.2. The molecular weight excluding hydrogens is 342 g/mol. The van der Waals surface area contributed by atoms with Crippen molar-refractivity contribution in [3.05, 3.63) is 47.3 Å². The molecule has 7 nitrogen and oxygen atoms in total. The van der Waals surface area contributed by atoms with Crippen molar-refractivity contribution in [1.82, 2.24) is 14.9 Å². The van der Waals surface area contributed by atoms with E-state index in [2.05, 4.69) is 22.2 Å². The van der Waals surface area contributed by atoms with Gasteiger partial charge in [-0.1, -0.05) is 25.1 Å². The van der Waals surface area contributed by atoms with Gasteiger partial charge in [-0.25, -0.2) is 9.97 Å². The molecule has 0 saturated carbocycles. The lowest BCUT2D eigenvalue weighted by atomic mass is 10.1. The van der Waals surface area contributed by atoms with Crippen molar-refractivity contribution < 1.29 is 9.59 Å². The number of anilines is 2. The Hall–Kier alpha value is -2.96. The Bertz CT molecular complexity index is 844. The number of nitrogens with zero attached hydrogens (tertiary/aromatic N) is 4. The Morgan fingerprint density at radius 2 is 1.81 bits per heavy atom. The quantitative estimate of drug-likeness (QED) is 0.897. The Kier molecular flexibility index (Phi) is 5.69. The van der Waals surface area contributed by atoms with E-state index in [9.17, 15) is 9.59 Å². The van der Waals surface area contributed by atoms with Crippen LogP contribution in [0.25, 0.3) is 0 Å². The van der Waals surface area contributed by atoms with Crippen LogP contribution in [0.5, 0.6) is 0 Å². The van der Waals surface area contributed by atoms with E-state index in [4.69, 9.17) is 0 Å². The van der Waals surface area contributed by atoms with E-state index in [0.29, 0.717) is 37.8 Å². The Labute approximate surface area is 159 Å². The van der Waals surface area contributed by atoms with E-state index in [1.165, 1.54) is 0 Å². The molecule has 0 radical (unpaired) electrons. The lowest BCUT2D eigenvalue weighted by Gasteiger charge is -2.34. The predicted octanol–water partition coefficient (Wildman–Crippen LogP) is 2.27. The summed E-state index contributed by atoms with van der Waals surface area (Å²) < 4.78 is 0. The number of hydrogen-bond acceptors (Lipinski definition) is 5. The van der Waals surface area contributed by atoms with Crippen LogP contribution in [0.15, 0.2) is 30.3 Å². The number of benzene rings is 1. The molecule has 2 amide bonds. The molecule has 1 aromatic heterocycles. The molecule has 27 heavy (non-hydrogen) atoms. The van der Waals surface area contributed by atoms with Gasteiger partial charge in [0.25, 0.3) is 5.91 Å². The first kappa shape index (κ1) is 18.8. The van der Waals surface area contributed by atoms with Crippen molar-refractivity contribution in [2.45, 2.75) is 27.2 Å². The predicted molar refractivity (Wildman–Crippen MR) is 105 cm³/mol. The molecule has 2 heterocycles. The molecule has 0 spiro atoms. The number of piperazine rings is 1. The van der Waals surface area contributed by atoms with Crippen LogP contribution < -0.4 is 10.2 Å². The smallest absolute Gasteiger partial charge is 0.274 e. The number of carbonyl (C=O) groups is 2. The summed E-state index contributed by atoms with van der Waals surface area (Å²) in [6, 6.07) is 9.45. The standard InChI is InChI=1S/C20H25N5O2/c1-4-16-7-5-6-8-17(16)22-19(27)18-13-14(2)21-20(23-18)25-11-9-24(10-12-25)15(3)26/h5-8,13H,4,9-12H2,1-3H3,(H,22,27). The van der Waals surface area contributed by atoms with Crippen molar-refractivity contribution in [3.63, 3.8) is 0 Å². The highest BCUT2D eigenvalue weighted by Gasteiger charge is 2.22. The molecule has 1 aliphatic heterocycles. The van der Waals surface area contributed by atoms with Gasteiger partial charge in [-0.05, 0) is 31.0 Å². The molecule has 0 unspecified atom stereocenters. The van der Waals surface area contributed by atoms with Gasteiger partial charge in [0, 0.05) is 44.5 Å². The summed E-state index contributed by atoms with van der Waals surface area (Å²) in [6.07, 6.45) is 0.838. The lowest BCUT2D eigenvalue weighted by molar-refractivity contribution is -0.129. The zero-order valence-electron chi connectivity index (χ0n) is 16.0. The second-order valence-electron chi connectivity index (χ2n) is 6.65. The van der Waals surface area contributed by atoms with E-state index in [0.717, 1.165) is 23.4 Å². The largest absolute Gasteiger partial charge is 0.339 e. The van der Waals surface area contributed by atoms with Gasteiger partial charge in [0.15, 0.2) is 0 Å². The van der Waals surface area contributed by atoms with Crippen molar-refractivity contribution in [2.75, 3.05) is 36.4 Å². The molecule has 0 bridgehead atoms. The molecule has 3 rings (SSSR count). The summed E-state index contributed by atoms with van der Waals surface area (Å²) in [6.45, 7) is 8.07. The summed E-state index contributed by atoms with van der Waals surface area (Å²) >= 11 is 0. The molecule has 1 saturated heterocycles. The van der Waals surface area contributed by atoms with Gasteiger partial charge < -0.3 is 15.1 Å². The van der Waals surface area contributed by atoms with Crippen LogP contribution in [-0.4, -0.2) is 52.9 Å². The molecule has 0 atom stereocenters. The second-order valence-corrected chi connectivity index (χ2v) is 6.65. The SMILES string of the molecule is CCc1ccccc1NC(=O)c1cc(C)nc(N2CCN(C(C)=O)CC2)n1. The molecule has 1 fully saturated rings. The van der Waals surface area contributed by atoms with Crippen LogP contribution in [-0.2, 0) is 11.2 Å². The van der Waals surface area contributed by atoms with E-state index in [-0.39, 0.29) is 11.8 Å². The number of hydrogen-bond donors (Lipinski definition) is 1. The zero-order valence-corrected chi connectivity index (χ0v) is 16.0. The van der Waals surface area contributed by atoms with Gasteiger partial charge in [-0.15, -0.1) is 0 Å². The molecule has 2 aromatic rings. The number of aryl methyl sites for hydroxylation is 2. The van der Waals surface area contributed by atoms with Crippen molar-refractivity contribution >= 4 is 23.5 Å². The molecule has 1 aliphatic rings. The number of aromatic nitrogens is 2. The van der Waals surface area contributed by atoms with Crippen LogP contribution in [0.4, 0.5) is 11.6 Å². The number of nitrogens with one attached hydrogen (secondary N) is 1. The Morgan fingerprint density at radius 3 is 2.48 bits per heavy atom. The van der Waals surface area contributed by atoms with Gasteiger partial charge in [0.2, 0.25) is 11.9 Å². The summed E-state index contributed by atoms with van der Waals surface area (Å²) in [5.41, 5.74) is 2.97. The minimum atomic E-state index is -0.245. The Morgan fingerprint density at radius 1 is 1.11 bits per heavy atom. The maximum absolute atomic E-state index is 12.7. The summed E-state index contributed by atoms with van der Waals surface area (Å²) in [4.78, 5) is 37.0. The highest BCUT2D eigenvalue weighted by molar-refractivity contribution is 6.03. The molecule has 0 aliphatic carbocycles. The fourth-order valence-electron chi connectivity index (χ4n) is 3.17. The van der Waals surface area contributed by atoms with Crippen molar-refractivity contribution in [1.29, 1.82) is 0 Å². The van der Waals surface area contributed by atoms with E-state index >= 15 is 0 Å². The van der Waals surface area contributed by atoms with Gasteiger partial charge >= 0.3 is 0 Å². The highest BCUT2D eigenvalue weighted by Crippen LogP contribution is 2.18. The van der Waals surface area contributed by atoms with Crippen LogP contribution in [0.2, 0.25) is 0 Å². The molecule has 1 aromatic carbocycles. The first-order valence-corrected chi connectivity index (χ1v) is 9.23. The minimum absolute atomic E-state index is 0.0782. The molecular formula is C20H25N5O2. The van der Waals surface area contributed by atoms with Gasteiger partial charge in [0.1, 0.15) is 5.69 Å². The Balaban J connectivity index is 1.77. The molecule has 1 N–H and O–H groups in total. The summed E-state index contributed by atoms with van der Waals surface area (Å²) in [7, 11) is 0. The molecule has 142 valence electrons. The number of rotatable bonds is 4. The van der Waals surface area contributed by atoms with Gasteiger partial charge in [-0.2, -0.15) is 0 Å². The monoisotopic (exact) mass is 367 g/mol. The van der Waals surface area contributed by atoms with Gasteiger partial charge in [-0.3, -0.25) is 9.59 Å². The third-order valence-electron chi connectivity index (χ3n) is 4.73. The summed E-state index contributed by atoms with van der Waals surface area (Å²) in [5, 5.41) is 2.96. The fourth-order valence-corrected chi connectivity index (χ4v) is 3.17. The van der Waals surface area contributed by atoms with Crippen LogP contribution in [0.1, 0.15) is 35.6 Å². The maximum Gasteiger partial charge on any atom is 0.274 e. The normalized spacial score (nSPS) is 14.2. The first-order valence-electron chi connectivity index (χ1n) is 9.23. The fraction of sp³-hybridized carbons (Fsp3) is 0.400. The lowest BCUT2D eigenvalue weighted by Crippen LogP contribution is -2.48. The summed E-state index contributed by atoms with van der Waals surface area (Å²) in [5.74, 6) is 0.367.